The smallest absolute Gasteiger partial charge is 0.0697 e. The van der Waals surface area contributed by atoms with E-state index < -0.39 is 0 Å². The Morgan fingerprint density at radius 1 is 1.12 bits per heavy atom. The number of rotatable bonds is 3. The molecule has 1 nitrogen and oxygen atoms in total. The molecule has 0 aromatic carbocycles. The zero-order chi connectivity index (χ0) is 11.1. The molecule has 1 heteroatoms. The van der Waals surface area contributed by atoms with Crippen molar-refractivity contribution in [2.75, 3.05) is 0 Å². The highest BCUT2D eigenvalue weighted by molar-refractivity contribution is 5.03. The molecule has 0 N–H and O–H groups in total. The zero-order valence-corrected chi connectivity index (χ0v) is 9.94. The summed E-state index contributed by atoms with van der Waals surface area (Å²) in [5.41, 5.74) is 0. The molecule has 0 amide bonds. The van der Waals surface area contributed by atoms with Gasteiger partial charge in [-0.05, 0) is 68.1 Å². The van der Waals surface area contributed by atoms with Gasteiger partial charge in [0, 0.05) is 0 Å². The van der Waals surface area contributed by atoms with Crippen molar-refractivity contribution in [2.45, 2.75) is 38.5 Å². The van der Waals surface area contributed by atoms with Crippen LogP contribution in [0.2, 0.25) is 0 Å². The standard InChI is InChI=1S/C15H21N/c1-2-10(9-16)8-15-13-4-11-3-12(6-13)7-14(15)5-11/h2,10-15H,1,3-8H2. The first-order valence-electron chi connectivity index (χ1n) is 6.82. The van der Waals surface area contributed by atoms with Gasteiger partial charge in [-0.15, -0.1) is 6.58 Å². The van der Waals surface area contributed by atoms with Gasteiger partial charge in [-0.3, -0.25) is 0 Å². The first-order chi connectivity index (χ1) is 7.80. The maximum atomic E-state index is 9.06. The molecule has 4 rings (SSSR count). The van der Waals surface area contributed by atoms with Crippen molar-refractivity contribution in [3.05, 3.63) is 12.7 Å². The Morgan fingerprint density at radius 3 is 2.12 bits per heavy atom. The Balaban J connectivity index is 1.72. The van der Waals surface area contributed by atoms with Crippen molar-refractivity contribution in [2.24, 2.45) is 35.5 Å². The van der Waals surface area contributed by atoms with Gasteiger partial charge in [-0.1, -0.05) is 6.08 Å². The molecule has 0 saturated heterocycles. The van der Waals surface area contributed by atoms with Crippen LogP contribution in [0, 0.1) is 46.8 Å². The van der Waals surface area contributed by atoms with Crippen molar-refractivity contribution in [3.8, 4) is 6.07 Å². The molecule has 0 aromatic rings. The second-order valence-electron chi connectivity index (χ2n) is 6.30. The van der Waals surface area contributed by atoms with Crippen molar-refractivity contribution in [3.63, 3.8) is 0 Å². The number of nitriles is 1. The Hall–Kier alpha value is -0.770. The summed E-state index contributed by atoms with van der Waals surface area (Å²) in [5, 5.41) is 9.06. The number of hydrogen-bond acceptors (Lipinski definition) is 1. The van der Waals surface area contributed by atoms with Gasteiger partial charge >= 0.3 is 0 Å². The number of hydrogen-bond donors (Lipinski definition) is 0. The molecule has 0 radical (unpaired) electrons. The molecular formula is C15H21N. The third-order valence-corrected chi connectivity index (χ3v) is 5.40. The van der Waals surface area contributed by atoms with Crippen molar-refractivity contribution < 1.29 is 0 Å². The lowest BCUT2D eigenvalue weighted by molar-refractivity contribution is -0.0416. The fourth-order valence-corrected chi connectivity index (χ4v) is 4.92. The Kier molecular flexibility index (Phi) is 2.54. The van der Waals surface area contributed by atoms with Crippen LogP contribution in [0.3, 0.4) is 0 Å². The van der Waals surface area contributed by atoms with E-state index in [0.717, 1.165) is 36.0 Å². The van der Waals surface area contributed by atoms with Gasteiger partial charge in [0.2, 0.25) is 0 Å². The van der Waals surface area contributed by atoms with Crippen LogP contribution in [-0.4, -0.2) is 0 Å². The molecule has 1 atom stereocenters. The van der Waals surface area contributed by atoms with Gasteiger partial charge in [0.1, 0.15) is 0 Å². The van der Waals surface area contributed by atoms with Gasteiger partial charge in [0.05, 0.1) is 12.0 Å². The second kappa shape index (κ2) is 3.91. The Labute approximate surface area is 98.5 Å². The van der Waals surface area contributed by atoms with Gasteiger partial charge in [0.25, 0.3) is 0 Å². The van der Waals surface area contributed by atoms with Crippen LogP contribution >= 0.6 is 0 Å². The zero-order valence-electron chi connectivity index (χ0n) is 9.94. The average Bonchev–Trinajstić information content (AvgIpc) is 2.28. The molecule has 1 unspecified atom stereocenters. The largest absolute Gasteiger partial charge is 0.198 e. The topological polar surface area (TPSA) is 23.8 Å². The molecule has 0 spiro atoms. The SMILES string of the molecule is C=CC(C#N)CC1C2CC3CC(C2)CC1C3. The molecule has 0 aliphatic heterocycles. The van der Waals surface area contributed by atoms with Crippen LogP contribution in [0.1, 0.15) is 38.5 Å². The predicted molar refractivity (Wildman–Crippen MR) is 64.5 cm³/mol. The Bertz CT molecular complexity index is 297. The molecule has 4 aliphatic rings. The summed E-state index contributed by atoms with van der Waals surface area (Å²) in [6, 6.07) is 2.39. The fourth-order valence-electron chi connectivity index (χ4n) is 4.92. The van der Waals surface area contributed by atoms with E-state index in [1.807, 2.05) is 6.08 Å². The van der Waals surface area contributed by atoms with E-state index in [-0.39, 0.29) is 5.92 Å². The molecule has 0 aromatic heterocycles. The monoisotopic (exact) mass is 215 g/mol. The summed E-state index contributed by atoms with van der Waals surface area (Å²) in [5.74, 6) is 4.93. The normalized spacial score (nSPS) is 46.3. The molecule has 86 valence electrons. The van der Waals surface area contributed by atoms with Crippen molar-refractivity contribution >= 4 is 0 Å². The lowest BCUT2D eigenvalue weighted by Crippen LogP contribution is -2.45. The highest BCUT2D eigenvalue weighted by Crippen LogP contribution is 2.57. The molecule has 0 heterocycles. The summed E-state index contributed by atoms with van der Waals surface area (Å²) in [7, 11) is 0. The third kappa shape index (κ3) is 1.59. The predicted octanol–water partition coefficient (Wildman–Crippen LogP) is 3.77. The van der Waals surface area contributed by atoms with E-state index in [4.69, 9.17) is 5.26 Å². The minimum atomic E-state index is 0.0996. The van der Waals surface area contributed by atoms with Crippen molar-refractivity contribution in [1.29, 1.82) is 5.26 Å². The highest BCUT2D eigenvalue weighted by Gasteiger charge is 2.48. The van der Waals surface area contributed by atoms with Gasteiger partial charge < -0.3 is 0 Å². The van der Waals surface area contributed by atoms with Crippen LogP contribution in [0.25, 0.3) is 0 Å². The first kappa shape index (κ1) is 10.4. The maximum Gasteiger partial charge on any atom is 0.0697 e. The van der Waals surface area contributed by atoms with E-state index in [1.54, 1.807) is 0 Å². The van der Waals surface area contributed by atoms with E-state index in [9.17, 15) is 0 Å². The number of allylic oxidation sites excluding steroid dienone is 1. The van der Waals surface area contributed by atoms with E-state index >= 15 is 0 Å². The Morgan fingerprint density at radius 2 is 1.69 bits per heavy atom. The van der Waals surface area contributed by atoms with Gasteiger partial charge in [-0.25, -0.2) is 0 Å². The minimum Gasteiger partial charge on any atom is -0.198 e. The van der Waals surface area contributed by atoms with E-state index in [2.05, 4.69) is 12.6 Å². The summed E-state index contributed by atoms with van der Waals surface area (Å²) >= 11 is 0. The average molecular weight is 215 g/mol. The minimum absolute atomic E-state index is 0.0996. The first-order valence-corrected chi connectivity index (χ1v) is 6.82. The quantitative estimate of drug-likeness (QED) is 0.657. The third-order valence-electron chi connectivity index (χ3n) is 5.40. The van der Waals surface area contributed by atoms with Crippen LogP contribution in [0.5, 0.6) is 0 Å². The van der Waals surface area contributed by atoms with Gasteiger partial charge in [-0.2, -0.15) is 5.26 Å². The molecule has 4 fully saturated rings. The molecule has 4 bridgehead atoms. The summed E-state index contributed by atoms with van der Waals surface area (Å²) in [6.07, 6.45) is 10.3. The lowest BCUT2D eigenvalue weighted by atomic mass is 9.51. The second-order valence-corrected chi connectivity index (χ2v) is 6.30. The molecule has 4 aliphatic carbocycles. The fraction of sp³-hybridized carbons (Fsp3) is 0.800. The van der Waals surface area contributed by atoms with Crippen molar-refractivity contribution in [1.82, 2.24) is 0 Å². The van der Waals surface area contributed by atoms with E-state index in [0.29, 0.717) is 0 Å². The van der Waals surface area contributed by atoms with Crippen LogP contribution < -0.4 is 0 Å². The molecule has 4 saturated carbocycles. The number of nitrogens with zero attached hydrogens (tertiary/aromatic N) is 1. The van der Waals surface area contributed by atoms with Crippen LogP contribution in [0.15, 0.2) is 12.7 Å². The van der Waals surface area contributed by atoms with Crippen LogP contribution in [-0.2, 0) is 0 Å². The highest BCUT2D eigenvalue weighted by atomic mass is 14.5. The maximum absolute atomic E-state index is 9.06. The molecular weight excluding hydrogens is 194 g/mol. The van der Waals surface area contributed by atoms with Gasteiger partial charge in [0.15, 0.2) is 0 Å². The summed E-state index contributed by atoms with van der Waals surface area (Å²) < 4.78 is 0. The molecule has 16 heavy (non-hydrogen) atoms. The lowest BCUT2D eigenvalue weighted by Gasteiger charge is -2.54. The van der Waals surface area contributed by atoms with E-state index in [1.165, 1.54) is 32.1 Å². The summed E-state index contributed by atoms with van der Waals surface area (Å²) in [4.78, 5) is 0. The van der Waals surface area contributed by atoms with Crippen LogP contribution in [0.4, 0.5) is 0 Å². The summed E-state index contributed by atoms with van der Waals surface area (Å²) in [6.45, 7) is 3.79.